The highest BCUT2D eigenvalue weighted by Gasteiger charge is 2.18. The van der Waals surface area contributed by atoms with Gasteiger partial charge in [-0.25, -0.2) is 0 Å². The lowest BCUT2D eigenvalue weighted by atomic mass is 9.85. The standard InChI is InChI=1S/C13H21NO/c1-9(2)14-8-11(13(4,5)6)10(3)7-12(14)15/h7-9H,1-6H3. The first kappa shape index (κ1) is 12.0. The van der Waals surface area contributed by atoms with Gasteiger partial charge in [0.2, 0.25) is 0 Å². The van der Waals surface area contributed by atoms with Gasteiger partial charge in [-0.05, 0) is 37.3 Å². The summed E-state index contributed by atoms with van der Waals surface area (Å²) in [5.41, 5.74) is 2.52. The van der Waals surface area contributed by atoms with E-state index in [0.29, 0.717) is 0 Å². The topological polar surface area (TPSA) is 22.0 Å². The molecule has 0 N–H and O–H groups in total. The molecule has 0 saturated heterocycles. The lowest BCUT2D eigenvalue weighted by Crippen LogP contribution is -2.25. The van der Waals surface area contributed by atoms with Gasteiger partial charge in [0.15, 0.2) is 0 Å². The second-order valence-electron chi connectivity index (χ2n) is 5.46. The number of nitrogens with zero attached hydrogens (tertiary/aromatic N) is 1. The Balaban J connectivity index is 3.44. The van der Waals surface area contributed by atoms with E-state index in [1.54, 1.807) is 10.6 Å². The van der Waals surface area contributed by atoms with Crippen molar-refractivity contribution in [3.8, 4) is 0 Å². The van der Waals surface area contributed by atoms with Crippen molar-refractivity contribution in [3.63, 3.8) is 0 Å². The molecule has 0 aliphatic heterocycles. The molecular weight excluding hydrogens is 186 g/mol. The number of hydrogen-bond donors (Lipinski definition) is 0. The summed E-state index contributed by atoms with van der Waals surface area (Å²) in [6, 6.07) is 1.96. The predicted octanol–water partition coefficient (Wildman–Crippen LogP) is 3.04. The lowest BCUT2D eigenvalue weighted by molar-refractivity contribution is 0.537. The summed E-state index contributed by atoms with van der Waals surface area (Å²) < 4.78 is 1.80. The number of aryl methyl sites for hydroxylation is 1. The molecule has 1 aromatic heterocycles. The van der Waals surface area contributed by atoms with Crippen molar-refractivity contribution in [1.29, 1.82) is 0 Å². The fraction of sp³-hybridized carbons (Fsp3) is 0.615. The maximum Gasteiger partial charge on any atom is 0.251 e. The SMILES string of the molecule is Cc1cc(=O)n(C(C)C)cc1C(C)(C)C. The van der Waals surface area contributed by atoms with Crippen LogP contribution in [0.2, 0.25) is 0 Å². The predicted molar refractivity (Wildman–Crippen MR) is 64.5 cm³/mol. The molecule has 0 saturated carbocycles. The van der Waals surface area contributed by atoms with Crippen LogP contribution in [0.1, 0.15) is 51.8 Å². The first-order valence-corrected chi connectivity index (χ1v) is 5.46. The molecule has 0 unspecified atom stereocenters. The molecule has 0 aliphatic carbocycles. The smallest absolute Gasteiger partial charge is 0.251 e. The highest BCUT2D eigenvalue weighted by Crippen LogP contribution is 2.24. The largest absolute Gasteiger partial charge is 0.313 e. The molecule has 1 aromatic rings. The van der Waals surface area contributed by atoms with Crippen LogP contribution in [-0.4, -0.2) is 4.57 Å². The van der Waals surface area contributed by atoms with Gasteiger partial charge in [-0.1, -0.05) is 20.8 Å². The van der Waals surface area contributed by atoms with Crippen LogP contribution in [0.5, 0.6) is 0 Å². The van der Waals surface area contributed by atoms with Gasteiger partial charge < -0.3 is 4.57 Å². The molecule has 1 rings (SSSR count). The van der Waals surface area contributed by atoms with Crippen molar-refractivity contribution in [3.05, 3.63) is 33.7 Å². The summed E-state index contributed by atoms with van der Waals surface area (Å²) in [6.45, 7) is 12.6. The average Bonchev–Trinajstić information content (AvgIpc) is 2.00. The Morgan fingerprint density at radius 1 is 1.27 bits per heavy atom. The van der Waals surface area contributed by atoms with Gasteiger partial charge in [-0.2, -0.15) is 0 Å². The van der Waals surface area contributed by atoms with Crippen LogP contribution in [0.3, 0.4) is 0 Å². The molecule has 0 amide bonds. The maximum absolute atomic E-state index is 11.7. The van der Waals surface area contributed by atoms with Crippen LogP contribution in [0.4, 0.5) is 0 Å². The average molecular weight is 207 g/mol. The molecule has 0 aliphatic rings. The molecule has 0 radical (unpaired) electrons. The Morgan fingerprint density at radius 3 is 2.20 bits per heavy atom. The van der Waals surface area contributed by atoms with Crippen molar-refractivity contribution < 1.29 is 0 Å². The van der Waals surface area contributed by atoms with Gasteiger partial charge in [-0.3, -0.25) is 4.79 Å². The molecular formula is C13H21NO. The van der Waals surface area contributed by atoms with Crippen LogP contribution in [0.25, 0.3) is 0 Å². The fourth-order valence-electron chi connectivity index (χ4n) is 1.83. The minimum Gasteiger partial charge on any atom is -0.313 e. The van der Waals surface area contributed by atoms with Crippen molar-refractivity contribution in [1.82, 2.24) is 4.57 Å². The van der Waals surface area contributed by atoms with E-state index in [1.807, 2.05) is 27.0 Å². The van der Waals surface area contributed by atoms with Gasteiger partial charge in [-0.15, -0.1) is 0 Å². The molecule has 0 spiro atoms. The Hall–Kier alpha value is -1.05. The molecule has 84 valence electrons. The third kappa shape index (κ3) is 2.49. The zero-order chi connectivity index (χ0) is 11.8. The summed E-state index contributed by atoms with van der Waals surface area (Å²) in [7, 11) is 0. The van der Waals surface area contributed by atoms with E-state index in [-0.39, 0.29) is 17.0 Å². The van der Waals surface area contributed by atoms with E-state index < -0.39 is 0 Å². The molecule has 15 heavy (non-hydrogen) atoms. The molecule has 0 aromatic carbocycles. The van der Waals surface area contributed by atoms with Crippen molar-refractivity contribution in [2.75, 3.05) is 0 Å². The first-order chi connectivity index (χ1) is 6.73. The summed E-state index contributed by atoms with van der Waals surface area (Å²) in [5, 5.41) is 0. The second kappa shape index (κ2) is 3.84. The van der Waals surface area contributed by atoms with E-state index in [2.05, 4.69) is 20.8 Å². The molecule has 1 heterocycles. The number of pyridine rings is 1. The Kier molecular flexibility index (Phi) is 3.08. The van der Waals surface area contributed by atoms with Crippen molar-refractivity contribution in [2.24, 2.45) is 0 Å². The third-order valence-corrected chi connectivity index (χ3v) is 2.65. The molecule has 2 nitrogen and oxygen atoms in total. The molecule has 0 atom stereocenters. The van der Waals surface area contributed by atoms with Crippen LogP contribution < -0.4 is 5.56 Å². The molecule has 0 fully saturated rings. The lowest BCUT2D eigenvalue weighted by Gasteiger charge is -2.23. The van der Waals surface area contributed by atoms with E-state index in [9.17, 15) is 4.79 Å². The third-order valence-electron chi connectivity index (χ3n) is 2.65. The van der Waals surface area contributed by atoms with Gasteiger partial charge >= 0.3 is 0 Å². The Morgan fingerprint density at radius 2 is 1.80 bits per heavy atom. The minimum atomic E-state index is 0.0917. The maximum atomic E-state index is 11.7. The van der Waals surface area contributed by atoms with E-state index in [4.69, 9.17) is 0 Å². The molecule has 0 bridgehead atoms. The van der Waals surface area contributed by atoms with Gasteiger partial charge in [0.25, 0.3) is 5.56 Å². The second-order valence-corrected chi connectivity index (χ2v) is 5.46. The quantitative estimate of drug-likeness (QED) is 0.693. The Labute approximate surface area is 91.9 Å². The van der Waals surface area contributed by atoms with Crippen LogP contribution in [0, 0.1) is 6.92 Å². The number of rotatable bonds is 1. The fourth-order valence-corrected chi connectivity index (χ4v) is 1.83. The van der Waals surface area contributed by atoms with E-state index >= 15 is 0 Å². The zero-order valence-corrected chi connectivity index (χ0v) is 10.6. The highest BCUT2D eigenvalue weighted by atomic mass is 16.1. The minimum absolute atomic E-state index is 0.0917. The summed E-state index contributed by atoms with van der Waals surface area (Å²) in [6.07, 6.45) is 2.00. The van der Waals surface area contributed by atoms with Crippen LogP contribution >= 0.6 is 0 Å². The highest BCUT2D eigenvalue weighted by molar-refractivity contribution is 5.29. The molecule has 2 heteroatoms. The monoisotopic (exact) mass is 207 g/mol. The summed E-state index contributed by atoms with van der Waals surface area (Å²) in [5.74, 6) is 0. The normalized spacial score (nSPS) is 12.2. The number of hydrogen-bond acceptors (Lipinski definition) is 1. The van der Waals surface area contributed by atoms with E-state index in [1.165, 1.54) is 5.56 Å². The van der Waals surface area contributed by atoms with E-state index in [0.717, 1.165) is 5.56 Å². The first-order valence-electron chi connectivity index (χ1n) is 5.46. The Bertz CT molecular complexity index is 408. The van der Waals surface area contributed by atoms with Gasteiger partial charge in [0, 0.05) is 18.3 Å². The van der Waals surface area contributed by atoms with Gasteiger partial charge in [0.05, 0.1) is 0 Å². The van der Waals surface area contributed by atoms with Crippen LogP contribution in [0.15, 0.2) is 17.1 Å². The number of aromatic nitrogens is 1. The van der Waals surface area contributed by atoms with Crippen molar-refractivity contribution in [2.45, 2.75) is 53.0 Å². The van der Waals surface area contributed by atoms with Crippen molar-refractivity contribution >= 4 is 0 Å². The van der Waals surface area contributed by atoms with Gasteiger partial charge in [0.1, 0.15) is 0 Å². The summed E-state index contributed by atoms with van der Waals surface area (Å²) >= 11 is 0. The summed E-state index contributed by atoms with van der Waals surface area (Å²) in [4.78, 5) is 11.7. The van der Waals surface area contributed by atoms with Crippen LogP contribution in [-0.2, 0) is 5.41 Å². The zero-order valence-electron chi connectivity index (χ0n) is 10.6.